The van der Waals surface area contributed by atoms with Gasteiger partial charge in [0.05, 0.1) is 11.3 Å². The summed E-state index contributed by atoms with van der Waals surface area (Å²) in [6.07, 6.45) is 2.51. The topological polar surface area (TPSA) is 65.5 Å². The molecule has 1 aromatic rings. The lowest BCUT2D eigenvalue weighted by atomic mass is 10.1. The van der Waals surface area contributed by atoms with Crippen LogP contribution in [0.5, 0.6) is 0 Å². The highest BCUT2D eigenvalue weighted by atomic mass is 16.3. The van der Waals surface area contributed by atoms with Crippen LogP contribution in [0.1, 0.15) is 29.4 Å². The SMILES string of the molecule is CCNc1cc(C)ncc1C(=O)N1CCC(CO)C1. The first-order chi connectivity index (χ1) is 9.15. The minimum absolute atomic E-state index is 0.000556. The number of aromatic nitrogens is 1. The fourth-order valence-corrected chi connectivity index (χ4v) is 2.40. The van der Waals surface area contributed by atoms with Gasteiger partial charge in [0, 0.05) is 44.0 Å². The summed E-state index contributed by atoms with van der Waals surface area (Å²) < 4.78 is 0. The van der Waals surface area contributed by atoms with E-state index in [9.17, 15) is 4.79 Å². The Hall–Kier alpha value is -1.62. The van der Waals surface area contributed by atoms with Crippen molar-refractivity contribution in [2.75, 3.05) is 31.6 Å². The molecule has 19 heavy (non-hydrogen) atoms. The molecule has 0 radical (unpaired) electrons. The highest BCUT2D eigenvalue weighted by Crippen LogP contribution is 2.22. The number of rotatable bonds is 4. The quantitative estimate of drug-likeness (QED) is 0.858. The monoisotopic (exact) mass is 263 g/mol. The van der Waals surface area contributed by atoms with Gasteiger partial charge in [-0.15, -0.1) is 0 Å². The van der Waals surface area contributed by atoms with E-state index in [1.54, 1.807) is 11.1 Å². The van der Waals surface area contributed by atoms with Gasteiger partial charge in [0.2, 0.25) is 0 Å². The first kappa shape index (κ1) is 13.8. The van der Waals surface area contributed by atoms with Crippen molar-refractivity contribution < 1.29 is 9.90 Å². The summed E-state index contributed by atoms with van der Waals surface area (Å²) in [4.78, 5) is 18.5. The third-order valence-electron chi connectivity index (χ3n) is 3.47. The highest BCUT2D eigenvalue weighted by Gasteiger charge is 2.27. The highest BCUT2D eigenvalue weighted by molar-refractivity contribution is 5.99. The zero-order valence-corrected chi connectivity index (χ0v) is 11.5. The van der Waals surface area contributed by atoms with Crippen LogP contribution >= 0.6 is 0 Å². The predicted octanol–water partition coefficient (Wildman–Crippen LogP) is 1.28. The van der Waals surface area contributed by atoms with E-state index in [0.717, 1.165) is 24.3 Å². The Bertz CT molecular complexity index is 462. The molecule has 1 aliphatic heterocycles. The van der Waals surface area contributed by atoms with Gasteiger partial charge in [0.1, 0.15) is 0 Å². The second kappa shape index (κ2) is 6.02. The summed E-state index contributed by atoms with van der Waals surface area (Å²) in [5.74, 6) is 0.212. The van der Waals surface area contributed by atoms with Crippen LogP contribution in [0.15, 0.2) is 12.3 Å². The average molecular weight is 263 g/mol. The average Bonchev–Trinajstić information content (AvgIpc) is 2.87. The zero-order chi connectivity index (χ0) is 13.8. The van der Waals surface area contributed by atoms with Crippen molar-refractivity contribution in [3.8, 4) is 0 Å². The maximum atomic E-state index is 12.5. The van der Waals surface area contributed by atoms with E-state index in [1.165, 1.54) is 0 Å². The number of anilines is 1. The molecule has 1 aliphatic rings. The number of carbonyl (C=O) groups is 1. The second-order valence-corrected chi connectivity index (χ2v) is 4.99. The normalized spacial score (nSPS) is 18.7. The van der Waals surface area contributed by atoms with Crippen molar-refractivity contribution in [3.05, 3.63) is 23.5 Å². The van der Waals surface area contributed by atoms with Crippen LogP contribution in [0.2, 0.25) is 0 Å². The Morgan fingerprint density at radius 2 is 2.42 bits per heavy atom. The fourth-order valence-electron chi connectivity index (χ4n) is 2.40. The number of hydrogen-bond acceptors (Lipinski definition) is 4. The van der Waals surface area contributed by atoms with E-state index >= 15 is 0 Å². The molecule has 0 aromatic carbocycles. The molecule has 1 unspecified atom stereocenters. The van der Waals surface area contributed by atoms with Crippen molar-refractivity contribution in [1.82, 2.24) is 9.88 Å². The van der Waals surface area contributed by atoms with Gasteiger partial charge < -0.3 is 15.3 Å². The molecule has 0 aliphatic carbocycles. The third-order valence-corrected chi connectivity index (χ3v) is 3.47. The molecule has 1 amide bonds. The number of aryl methyl sites for hydroxylation is 1. The number of amides is 1. The summed E-state index contributed by atoms with van der Waals surface area (Å²) in [6.45, 7) is 6.17. The number of nitrogens with one attached hydrogen (secondary N) is 1. The molecule has 0 bridgehead atoms. The number of aliphatic hydroxyl groups excluding tert-OH is 1. The first-order valence-electron chi connectivity index (χ1n) is 6.76. The van der Waals surface area contributed by atoms with Gasteiger partial charge in [0.15, 0.2) is 0 Å². The van der Waals surface area contributed by atoms with Crippen molar-refractivity contribution in [2.24, 2.45) is 5.92 Å². The van der Waals surface area contributed by atoms with E-state index in [-0.39, 0.29) is 18.4 Å². The Morgan fingerprint density at radius 1 is 1.63 bits per heavy atom. The molecule has 0 saturated carbocycles. The van der Waals surface area contributed by atoms with Crippen molar-refractivity contribution >= 4 is 11.6 Å². The fraction of sp³-hybridized carbons (Fsp3) is 0.571. The minimum Gasteiger partial charge on any atom is -0.396 e. The van der Waals surface area contributed by atoms with Crippen LogP contribution in [-0.2, 0) is 0 Å². The predicted molar refractivity (Wildman–Crippen MR) is 74.2 cm³/mol. The maximum absolute atomic E-state index is 12.5. The molecular weight excluding hydrogens is 242 g/mol. The number of hydrogen-bond donors (Lipinski definition) is 2. The van der Waals surface area contributed by atoms with Gasteiger partial charge in [-0.05, 0) is 26.3 Å². The largest absolute Gasteiger partial charge is 0.396 e. The van der Waals surface area contributed by atoms with Gasteiger partial charge >= 0.3 is 0 Å². The molecule has 2 N–H and O–H groups in total. The molecule has 5 heteroatoms. The first-order valence-corrected chi connectivity index (χ1v) is 6.76. The lowest BCUT2D eigenvalue weighted by molar-refractivity contribution is 0.0782. The molecule has 2 rings (SSSR count). The number of carbonyl (C=O) groups excluding carboxylic acids is 1. The molecular formula is C14H21N3O2. The smallest absolute Gasteiger partial charge is 0.257 e. The van der Waals surface area contributed by atoms with E-state index in [1.807, 2.05) is 19.9 Å². The van der Waals surface area contributed by atoms with Crippen molar-refractivity contribution in [1.29, 1.82) is 0 Å². The molecule has 0 spiro atoms. The number of nitrogens with zero attached hydrogens (tertiary/aromatic N) is 2. The lowest BCUT2D eigenvalue weighted by Crippen LogP contribution is -2.30. The standard InChI is InChI=1S/C14H21N3O2/c1-3-15-13-6-10(2)16-7-12(13)14(19)17-5-4-11(8-17)9-18/h6-7,11,18H,3-5,8-9H2,1-2H3,(H,15,16). The van der Waals surface area contributed by atoms with E-state index in [4.69, 9.17) is 5.11 Å². The van der Waals surface area contributed by atoms with Crippen LogP contribution in [0.3, 0.4) is 0 Å². The Labute approximate surface area is 113 Å². The van der Waals surface area contributed by atoms with Crippen LogP contribution in [0.4, 0.5) is 5.69 Å². The second-order valence-electron chi connectivity index (χ2n) is 4.99. The number of likely N-dealkylation sites (tertiary alicyclic amines) is 1. The Kier molecular flexibility index (Phi) is 4.37. The Balaban J connectivity index is 2.19. The van der Waals surface area contributed by atoms with Gasteiger partial charge in [-0.3, -0.25) is 9.78 Å². The van der Waals surface area contributed by atoms with Crippen molar-refractivity contribution in [3.63, 3.8) is 0 Å². The van der Waals surface area contributed by atoms with Crippen LogP contribution in [0.25, 0.3) is 0 Å². The van der Waals surface area contributed by atoms with E-state index < -0.39 is 0 Å². The van der Waals surface area contributed by atoms with E-state index in [2.05, 4.69) is 10.3 Å². The van der Waals surface area contributed by atoms with Gasteiger partial charge in [0.25, 0.3) is 5.91 Å². The molecule has 1 saturated heterocycles. The summed E-state index contributed by atoms with van der Waals surface area (Å²) in [6, 6.07) is 1.90. The summed E-state index contributed by atoms with van der Waals surface area (Å²) in [5.41, 5.74) is 2.35. The molecule has 104 valence electrons. The van der Waals surface area contributed by atoms with Gasteiger partial charge in [-0.2, -0.15) is 0 Å². The summed E-state index contributed by atoms with van der Waals surface area (Å²) in [5, 5.41) is 12.4. The van der Waals surface area contributed by atoms with Crippen LogP contribution in [-0.4, -0.2) is 47.1 Å². The van der Waals surface area contributed by atoms with Crippen LogP contribution in [0, 0.1) is 12.8 Å². The molecule has 1 aromatic heterocycles. The molecule has 5 nitrogen and oxygen atoms in total. The van der Waals surface area contributed by atoms with Crippen molar-refractivity contribution in [2.45, 2.75) is 20.3 Å². The molecule has 1 atom stereocenters. The lowest BCUT2D eigenvalue weighted by Gasteiger charge is -2.18. The van der Waals surface area contributed by atoms with Gasteiger partial charge in [-0.1, -0.05) is 0 Å². The number of aliphatic hydroxyl groups is 1. The molecule has 1 fully saturated rings. The minimum atomic E-state index is -0.000556. The Morgan fingerprint density at radius 3 is 3.05 bits per heavy atom. The summed E-state index contributed by atoms with van der Waals surface area (Å²) in [7, 11) is 0. The zero-order valence-electron chi connectivity index (χ0n) is 11.5. The number of pyridine rings is 1. The summed E-state index contributed by atoms with van der Waals surface area (Å²) >= 11 is 0. The third kappa shape index (κ3) is 3.04. The maximum Gasteiger partial charge on any atom is 0.257 e. The van der Waals surface area contributed by atoms with E-state index in [0.29, 0.717) is 18.7 Å². The van der Waals surface area contributed by atoms with Crippen LogP contribution < -0.4 is 5.32 Å². The molecule has 2 heterocycles. The van der Waals surface area contributed by atoms with Gasteiger partial charge in [-0.25, -0.2) is 0 Å².